The molecule has 47 nitrogen and oxygen atoms in total. The Morgan fingerprint density at radius 2 is 0.915 bits per heavy atom. The highest BCUT2D eigenvalue weighted by molar-refractivity contribution is 7.80. The number of rotatable bonds is 55. The Kier molecular flexibility index (Phi) is 43.2. The molecule has 3 aromatic heterocycles. The van der Waals surface area contributed by atoms with Crippen molar-refractivity contribution in [2.75, 3.05) is 38.5 Å². The van der Waals surface area contributed by atoms with E-state index >= 15 is 0 Å². The number of primary amides is 1. The predicted molar refractivity (Wildman–Crippen MR) is 516 cm³/mol. The van der Waals surface area contributed by atoms with Gasteiger partial charge in [0, 0.05) is 91.3 Å². The third-order valence-corrected chi connectivity index (χ3v) is 25.0. The molecule has 2 fully saturated rings. The molecule has 2 aliphatic heterocycles. The maximum atomic E-state index is 14.6. The Bertz CT molecular complexity index is 5470. The van der Waals surface area contributed by atoms with E-state index in [0.717, 1.165) is 11.8 Å². The number of aliphatic hydroxyl groups is 2. The molecular weight excluding hydrogens is 1870 g/mol. The Morgan fingerprint density at radius 3 is 1.44 bits per heavy atom. The lowest BCUT2D eigenvalue weighted by Crippen LogP contribution is -2.63. The first kappa shape index (κ1) is 113. The summed E-state index contributed by atoms with van der Waals surface area (Å²) in [6.07, 6.45) is 2.94. The van der Waals surface area contributed by atoms with E-state index in [2.05, 4.69) is 112 Å². The molecular formula is C94H131N23O24S. The number of carboxylic acid groups (broad SMARTS) is 2. The number of hydrogen-bond donors (Lipinski definition) is 25. The average Bonchev–Trinajstić information content (AvgIpc) is 1.66. The molecule has 26 N–H and O–H groups in total. The van der Waals surface area contributed by atoms with Gasteiger partial charge in [-0.05, 0) is 106 Å². The normalized spacial score (nSPS) is 17.1. The van der Waals surface area contributed by atoms with Gasteiger partial charge in [0.25, 0.3) is 0 Å². The molecule has 3 aromatic carbocycles. The number of aromatic amines is 3. The highest BCUT2D eigenvalue weighted by Gasteiger charge is 2.44. The summed E-state index contributed by atoms with van der Waals surface area (Å²) < 4.78 is 0. The summed E-state index contributed by atoms with van der Waals surface area (Å²) in [7, 11) is 0. The zero-order valence-corrected chi connectivity index (χ0v) is 81.3. The minimum Gasteiger partial charge on any atom is -0.481 e. The van der Waals surface area contributed by atoms with Crippen molar-refractivity contribution in [2.24, 2.45) is 29.2 Å². The van der Waals surface area contributed by atoms with Crippen LogP contribution in [0.25, 0.3) is 21.8 Å². The topological polar surface area (TPSA) is 722 Å². The second-order valence-electron chi connectivity index (χ2n) is 36.0. The fourth-order valence-electron chi connectivity index (χ4n) is 16.3. The number of aliphatic hydroxyl groups excluding tert-OH is 2. The van der Waals surface area contributed by atoms with Crippen LogP contribution in [0.3, 0.4) is 0 Å². The molecule has 0 unspecified atom stereocenters. The summed E-state index contributed by atoms with van der Waals surface area (Å²) >= 11 is 4.30. The standard InChI is InChI=1S/C94H131N23O24S/c1-10-48(5)76(113-80(126)51(8)103-82(128)62(29-30-72(96)120)107-86(132)69(45-142)112-83(129)63(34-53-21-13-12-14-22-53)108-79(125)50(7)104-87(133)70-27-19-31-116(70)92(138)59(95)33-47(3)4)89(135)101-43-73(121)105-64(35-54-39-98-60-25-17-15-23-57(54)60)81(127)100-42-74(122)106-67(38-75(123)124)93(139)117-32-20-28-71(117)88(134)114-77(49(6)11-2)90(136)115-78(52(9)119)91(137)110-66(37-56-41-97-46-102-56)85(131)109-65(84(130)111-68(44-118)94(140)141)36-55-40-99-61-26-18-16-24-58(55)61/h12-18,21-26,39-41,46-52,59,62-71,76-78,98-99,118-119,142H,10-11,19-20,27-38,42-45,95H2,1-9H3,(H2,96,120)(H,97,102)(H,100,127)(H,101,135)(H,103,128)(H,104,133)(H,105,121)(H,106,122)(H,107,132)(H,108,125)(H,109,131)(H,110,137)(H,111,130)(H,112,129)(H,113,126)(H,114,134)(H,115,136)(H,123,124)(H,140,141)/t48-,49-,50-,51-,52+,59-,62-,63-,64-,65-,66-,67-,68-,69-,70-,71-,76-,77-,78-/m0/s1. The van der Waals surface area contributed by atoms with Gasteiger partial charge in [-0.3, -0.25) is 91.1 Å². The molecule has 48 heteroatoms. The molecule has 2 aliphatic rings. The van der Waals surface area contributed by atoms with Gasteiger partial charge in [-0.1, -0.05) is 121 Å². The van der Waals surface area contributed by atoms with Gasteiger partial charge >= 0.3 is 11.9 Å². The number of amides is 18. The van der Waals surface area contributed by atoms with Crippen LogP contribution in [0.5, 0.6) is 0 Å². The van der Waals surface area contributed by atoms with Gasteiger partial charge in [-0.25, -0.2) is 9.78 Å². The van der Waals surface area contributed by atoms with Crippen LogP contribution < -0.4 is 91.2 Å². The van der Waals surface area contributed by atoms with Gasteiger partial charge in [0.1, 0.15) is 90.6 Å². The number of aromatic nitrogens is 4. The molecule has 772 valence electrons. The molecule has 8 rings (SSSR count). The van der Waals surface area contributed by atoms with Crippen LogP contribution in [0.4, 0.5) is 0 Å². The molecule has 19 atom stereocenters. The maximum absolute atomic E-state index is 14.6. The number of carbonyl (C=O) groups is 20. The van der Waals surface area contributed by atoms with E-state index in [1.165, 1.54) is 31.3 Å². The van der Waals surface area contributed by atoms with E-state index in [1.54, 1.807) is 119 Å². The minimum absolute atomic E-state index is 0.0495. The average molecular weight is 2000 g/mol. The highest BCUT2D eigenvalue weighted by Crippen LogP contribution is 2.26. The summed E-state index contributed by atoms with van der Waals surface area (Å²) in [4.78, 5) is 293. The molecule has 18 amide bonds. The van der Waals surface area contributed by atoms with Crippen LogP contribution in [-0.4, -0.2) is 310 Å². The Balaban J connectivity index is 0.876. The van der Waals surface area contributed by atoms with Gasteiger partial charge in [0.05, 0.1) is 50.3 Å². The van der Waals surface area contributed by atoms with E-state index < -0.39 is 278 Å². The van der Waals surface area contributed by atoms with Crippen LogP contribution in [0.1, 0.15) is 149 Å². The van der Waals surface area contributed by atoms with Crippen LogP contribution in [0, 0.1) is 17.8 Å². The van der Waals surface area contributed by atoms with E-state index in [0.29, 0.717) is 57.8 Å². The molecule has 5 heterocycles. The predicted octanol–water partition coefficient (Wildman–Crippen LogP) is -4.21. The Hall–Kier alpha value is -14.4. The van der Waals surface area contributed by atoms with Crippen molar-refractivity contribution in [3.63, 3.8) is 0 Å². The minimum atomic E-state index is -1.90. The first-order valence-corrected chi connectivity index (χ1v) is 47.7. The van der Waals surface area contributed by atoms with Crippen molar-refractivity contribution in [3.05, 3.63) is 126 Å². The third-order valence-electron chi connectivity index (χ3n) is 24.7. The van der Waals surface area contributed by atoms with Crippen molar-refractivity contribution in [1.29, 1.82) is 0 Å². The number of imidazole rings is 1. The third kappa shape index (κ3) is 32.8. The molecule has 0 spiro atoms. The largest absolute Gasteiger partial charge is 0.481 e. The summed E-state index contributed by atoms with van der Waals surface area (Å²) in [6, 6.07) is -1.27. The van der Waals surface area contributed by atoms with E-state index in [4.69, 9.17) is 11.5 Å². The number of aliphatic carboxylic acids is 2. The van der Waals surface area contributed by atoms with Crippen molar-refractivity contribution >= 4 is 153 Å². The quantitative estimate of drug-likeness (QED) is 0.0161. The van der Waals surface area contributed by atoms with Crippen molar-refractivity contribution in [1.82, 2.24) is 109 Å². The number of hydrogen-bond acceptors (Lipinski definition) is 25. The van der Waals surface area contributed by atoms with E-state index in [9.17, 15) is 116 Å². The van der Waals surface area contributed by atoms with Crippen LogP contribution in [0.2, 0.25) is 0 Å². The molecule has 142 heavy (non-hydrogen) atoms. The first-order valence-electron chi connectivity index (χ1n) is 47.0. The maximum Gasteiger partial charge on any atom is 0.328 e. The Morgan fingerprint density at radius 1 is 0.472 bits per heavy atom. The number of para-hydroxylation sites is 2. The lowest BCUT2D eigenvalue weighted by Gasteiger charge is -2.32. The number of H-pyrrole nitrogens is 3. The summed E-state index contributed by atoms with van der Waals surface area (Å²) in [5, 5.41) is 79.5. The SMILES string of the molecule is CC[C@H](C)[C@H](NC(=O)[C@H](C)NC(=O)[C@H](CCC(N)=O)NC(=O)[C@H](CS)NC(=O)[C@H](Cc1ccccc1)NC(=O)[C@H](C)NC(=O)[C@@H]1CCCN1C(=O)[C@@H](N)CC(C)C)C(=O)NCC(=O)N[C@@H](Cc1c[nH]c2ccccc12)C(=O)NCC(=O)N[C@@H](CC(=O)O)C(=O)N1CCC[C@H]1C(=O)N[C@H](C(=O)N[C@H](C(=O)N[C@@H](Cc1c[nH]cn1)C(=O)N[C@@H](Cc1c[nH]c2ccccc12)C(=O)N[C@@H](CO)C(=O)O)[C@@H](C)O)[C@@H](C)CC. The lowest BCUT2D eigenvalue weighted by molar-refractivity contribution is -0.146. The number of likely N-dealkylation sites (tertiary alicyclic amines) is 2. The van der Waals surface area contributed by atoms with Gasteiger partial charge in [-0.15, -0.1) is 0 Å². The van der Waals surface area contributed by atoms with Gasteiger partial charge in [0.2, 0.25) is 106 Å². The summed E-state index contributed by atoms with van der Waals surface area (Å²) in [5.74, 6) is -21.7. The molecule has 0 radical (unpaired) electrons. The Labute approximate surface area is 823 Å². The number of fused-ring (bicyclic) bond motifs is 2. The van der Waals surface area contributed by atoms with Gasteiger partial charge < -0.3 is 136 Å². The first-order chi connectivity index (χ1) is 67.4. The number of nitrogens with two attached hydrogens (primary N) is 2. The van der Waals surface area contributed by atoms with E-state index in [1.807, 2.05) is 13.8 Å². The van der Waals surface area contributed by atoms with Crippen LogP contribution in [0.15, 0.2) is 104 Å². The number of nitrogens with zero attached hydrogens (tertiary/aromatic N) is 3. The number of carboxylic acids is 2. The van der Waals surface area contributed by atoms with Crippen LogP contribution in [-0.2, 0) is 122 Å². The van der Waals surface area contributed by atoms with Crippen molar-refractivity contribution in [2.45, 2.75) is 255 Å². The second kappa shape index (κ2) is 54.4. The zero-order chi connectivity index (χ0) is 104. The van der Waals surface area contributed by atoms with Gasteiger partial charge in [0.15, 0.2) is 0 Å². The molecule has 0 saturated carbocycles. The molecule has 0 aliphatic carbocycles. The van der Waals surface area contributed by atoms with Gasteiger partial charge in [-0.2, -0.15) is 12.6 Å². The number of thiol groups is 1. The number of nitrogens with one attached hydrogen (secondary N) is 18. The van der Waals surface area contributed by atoms with Crippen molar-refractivity contribution < 1.29 is 116 Å². The van der Waals surface area contributed by atoms with Crippen molar-refractivity contribution in [3.8, 4) is 0 Å². The summed E-state index contributed by atoms with van der Waals surface area (Å²) in [6.45, 7) is 11.4. The summed E-state index contributed by atoms with van der Waals surface area (Å²) in [5.41, 5.74) is 14.8. The second-order valence-corrected chi connectivity index (χ2v) is 36.3. The number of benzene rings is 3. The lowest BCUT2D eigenvalue weighted by atomic mass is 9.96. The molecule has 2 saturated heterocycles. The fraction of sp³-hybridized carbons (Fsp3) is 0.521. The zero-order valence-electron chi connectivity index (χ0n) is 80.4. The monoisotopic (exact) mass is 2000 g/mol. The molecule has 6 aromatic rings. The number of carbonyl (C=O) groups excluding carboxylic acids is 18. The fourth-order valence-corrected chi connectivity index (χ4v) is 16.6. The van der Waals surface area contributed by atoms with E-state index in [-0.39, 0.29) is 76.1 Å². The highest BCUT2D eigenvalue weighted by atomic mass is 32.1. The molecule has 0 bridgehead atoms. The smallest absolute Gasteiger partial charge is 0.328 e. The van der Waals surface area contributed by atoms with Crippen LogP contribution >= 0.6 is 12.6 Å².